The predicted molar refractivity (Wildman–Crippen MR) is 70.3 cm³/mol. The van der Waals surface area contributed by atoms with Gasteiger partial charge in [0.2, 0.25) is 6.79 Å². The Hall–Kier alpha value is -1.47. The first-order valence-corrected chi connectivity index (χ1v) is 6.64. The second-order valence-corrected chi connectivity index (χ2v) is 5.27. The van der Waals surface area contributed by atoms with E-state index in [1.807, 2.05) is 0 Å². The summed E-state index contributed by atoms with van der Waals surface area (Å²) in [6.07, 6.45) is -5.32. The molecule has 0 saturated carbocycles. The molecule has 1 heterocycles. The van der Waals surface area contributed by atoms with Crippen LogP contribution in [0.4, 0.5) is 13.2 Å². The van der Waals surface area contributed by atoms with Gasteiger partial charge in [0.25, 0.3) is 0 Å². The highest BCUT2D eigenvalue weighted by molar-refractivity contribution is 5.45. The van der Waals surface area contributed by atoms with E-state index in [9.17, 15) is 18.3 Å². The molecule has 4 nitrogen and oxygen atoms in total. The van der Waals surface area contributed by atoms with Crippen LogP contribution in [0.5, 0.6) is 11.5 Å². The molecular weight excluding hydrogens is 287 g/mol. The molecule has 0 aliphatic carbocycles. The van der Waals surface area contributed by atoms with Crippen molar-refractivity contribution in [1.82, 2.24) is 4.90 Å². The van der Waals surface area contributed by atoms with Gasteiger partial charge in [0, 0.05) is 12.6 Å². The molecule has 0 amide bonds. The fraction of sp³-hybridized carbons (Fsp3) is 0.571. The van der Waals surface area contributed by atoms with Crippen molar-refractivity contribution in [3.63, 3.8) is 0 Å². The van der Waals surface area contributed by atoms with Gasteiger partial charge < -0.3 is 14.6 Å². The molecule has 7 heteroatoms. The number of fused-ring (bicyclic) bond motifs is 1. The maximum absolute atomic E-state index is 12.5. The van der Waals surface area contributed by atoms with Crippen LogP contribution in [-0.2, 0) is 0 Å². The Morgan fingerprint density at radius 2 is 1.90 bits per heavy atom. The Morgan fingerprint density at radius 1 is 1.24 bits per heavy atom. The molecule has 1 aliphatic heterocycles. The molecule has 2 rings (SSSR count). The first kappa shape index (κ1) is 15.9. The third-order valence-electron chi connectivity index (χ3n) is 3.30. The summed E-state index contributed by atoms with van der Waals surface area (Å²) >= 11 is 0. The fourth-order valence-electron chi connectivity index (χ4n) is 2.14. The molecule has 118 valence electrons. The normalized spacial score (nSPS) is 15.8. The SMILES string of the molecule is CC(C)N(CC(O)c1ccc2c(c1)OCO2)CC(F)(F)F. The van der Waals surface area contributed by atoms with Crippen LogP contribution >= 0.6 is 0 Å². The summed E-state index contributed by atoms with van der Waals surface area (Å²) in [7, 11) is 0. The second-order valence-electron chi connectivity index (χ2n) is 5.27. The molecular formula is C14H18F3NO3. The number of benzene rings is 1. The van der Waals surface area contributed by atoms with Crippen LogP contribution in [-0.4, -0.2) is 42.1 Å². The van der Waals surface area contributed by atoms with E-state index in [0.717, 1.165) is 0 Å². The molecule has 0 spiro atoms. The maximum Gasteiger partial charge on any atom is 0.401 e. The van der Waals surface area contributed by atoms with Crippen LogP contribution in [0.3, 0.4) is 0 Å². The van der Waals surface area contributed by atoms with Crippen molar-refractivity contribution in [3.05, 3.63) is 23.8 Å². The minimum Gasteiger partial charge on any atom is -0.454 e. The maximum atomic E-state index is 12.5. The number of nitrogens with zero attached hydrogens (tertiary/aromatic N) is 1. The van der Waals surface area contributed by atoms with Gasteiger partial charge in [-0.15, -0.1) is 0 Å². The first-order valence-electron chi connectivity index (χ1n) is 6.64. The van der Waals surface area contributed by atoms with E-state index >= 15 is 0 Å². The number of rotatable bonds is 5. The summed E-state index contributed by atoms with van der Waals surface area (Å²) in [5.74, 6) is 1.07. The Morgan fingerprint density at radius 3 is 2.52 bits per heavy atom. The minimum absolute atomic E-state index is 0.100. The van der Waals surface area contributed by atoms with E-state index in [4.69, 9.17) is 9.47 Å². The molecule has 0 aromatic heterocycles. The monoisotopic (exact) mass is 305 g/mol. The number of hydrogen-bond donors (Lipinski definition) is 1. The van der Waals surface area contributed by atoms with Gasteiger partial charge in [0.15, 0.2) is 11.5 Å². The van der Waals surface area contributed by atoms with Gasteiger partial charge in [-0.25, -0.2) is 0 Å². The third-order valence-corrected chi connectivity index (χ3v) is 3.30. The number of aliphatic hydroxyl groups excluding tert-OH is 1. The highest BCUT2D eigenvalue weighted by atomic mass is 19.4. The van der Waals surface area contributed by atoms with Crippen LogP contribution in [0.25, 0.3) is 0 Å². The summed E-state index contributed by atoms with van der Waals surface area (Å²) in [4.78, 5) is 1.19. The van der Waals surface area contributed by atoms with Crippen molar-refractivity contribution < 1.29 is 27.8 Å². The van der Waals surface area contributed by atoms with Crippen molar-refractivity contribution in [2.24, 2.45) is 0 Å². The van der Waals surface area contributed by atoms with Gasteiger partial charge in [0.05, 0.1) is 12.6 Å². The molecule has 1 atom stereocenters. The summed E-state index contributed by atoms with van der Waals surface area (Å²) in [6.45, 7) is 2.29. The van der Waals surface area contributed by atoms with E-state index in [2.05, 4.69) is 0 Å². The summed E-state index contributed by atoms with van der Waals surface area (Å²) in [5.41, 5.74) is 0.507. The van der Waals surface area contributed by atoms with Gasteiger partial charge in [-0.1, -0.05) is 6.07 Å². The van der Waals surface area contributed by atoms with Crippen molar-refractivity contribution in [2.75, 3.05) is 19.9 Å². The molecule has 21 heavy (non-hydrogen) atoms. The largest absolute Gasteiger partial charge is 0.454 e. The van der Waals surface area contributed by atoms with Crippen molar-refractivity contribution in [3.8, 4) is 11.5 Å². The van der Waals surface area contributed by atoms with E-state index in [-0.39, 0.29) is 19.4 Å². The molecule has 1 aliphatic rings. The molecule has 1 aromatic rings. The Kier molecular flexibility index (Phi) is 4.63. The molecule has 1 unspecified atom stereocenters. The summed E-state index contributed by atoms with van der Waals surface area (Å²) in [6, 6.07) is 4.54. The lowest BCUT2D eigenvalue weighted by Crippen LogP contribution is -2.41. The molecule has 0 bridgehead atoms. The zero-order chi connectivity index (χ0) is 15.6. The van der Waals surface area contributed by atoms with Gasteiger partial charge >= 0.3 is 6.18 Å². The van der Waals surface area contributed by atoms with Gasteiger partial charge in [-0.2, -0.15) is 13.2 Å². The zero-order valence-corrected chi connectivity index (χ0v) is 11.9. The van der Waals surface area contributed by atoms with Crippen molar-refractivity contribution >= 4 is 0 Å². The zero-order valence-electron chi connectivity index (χ0n) is 11.9. The van der Waals surface area contributed by atoms with Crippen LogP contribution in [0.1, 0.15) is 25.5 Å². The second kappa shape index (κ2) is 6.11. The van der Waals surface area contributed by atoms with Gasteiger partial charge in [-0.05, 0) is 31.5 Å². The lowest BCUT2D eigenvalue weighted by Gasteiger charge is -2.29. The topological polar surface area (TPSA) is 41.9 Å². The third kappa shape index (κ3) is 4.25. The Labute approximate surface area is 121 Å². The van der Waals surface area contributed by atoms with Crippen molar-refractivity contribution in [1.29, 1.82) is 0 Å². The lowest BCUT2D eigenvalue weighted by atomic mass is 10.1. The minimum atomic E-state index is -4.29. The summed E-state index contributed by atoms with van der Waals surface area (Å²) < 4.78 is 48.0. The molecule has 1 aromatic carbocycles. The fourth-order valence-corrected chi connectivity index (χ4v) is 2.14. The molecule has 0 fully saturated rings. The molecule has 1 N–H and O–H groups in total. The number of hydrogen-bond acceptors (Lipinski definition) is 4. The smallest absolute Gasteiger partial charge is 0.401 e. The molecule has 0 saturated heterocycles. The summed E-state index contributed by atoms with van der Waals surface area (Å²) in [5, 5.41) is 10.2. The number of halogens is 3. The van der Waals surface area contributed by atoms with Crippen LogP contribution in [0.15, 0.2) is 18.2 Å². The molecule has 0 radical (unpaired) electrons. The van der Waals surface area contributed by atoms with Crippen LogP contribution < -0.4 is 9.47 Å². The lowest BCUT2D eigenvalue weighted by molar-refractivity contribution is -0.152. The Bertz CT molecular complexity index is 491. The van der Waals surface area contributed by atoms with E-state index in [1.54, 1.807) is 32.0 Å². The number of ether oxygens (including phenoxy) is 2. The van der Waals surface area contributed by atoms with E-state index in [1.165, 1.54) is 4.90 Å². The predicted octanol–water partition coefficient (Wildman–Crippen LogP) is 2.72. The number of alkyl halides is 3. The Balaban J connectivity index is 2.06. The first-order chi connectivity index (χ1) is 9.76. The van der Waals surface area contributed by atoms with Crippen LogP contribution in [0, 0.1) is 0 Å². The average Bonchev–Trinajstić information content (AvgIpc) is 2.83. The van der Waals surface area contributed by atoms with E-state index in [0.29, 0.717) is 17.1 Å². The number of aliphatic hydroxyl groups is 1. The van der Waals surface area contributed by atoms with Crippen molar-refractivity contribution in [2.45, 2.75) is 32.2 Å². The quantitative estimate of drug-likeness (QED) is 0.908. The standard InChI is InChI=1S/C14H18F3NO3/c1-9(2)18(7-14(15,16)17)6-11(19)10-3-4-12-13(5-10)21-8-20-12/h3-5,9,11,19H,6-8H2,1-2H3. The van der Waals surface area contributed by atoms with Gasteiger partial charge in [-0.3, -0.25) is 4.90 Å². The van der Waals surface area contributed by atoms with Crippen LogP contribution in [0.2, 0.25) is 0 Å². The van der Waals surface area contributed by atoms with E-state index < -0.39 is 18.8 Å². The van der Waals surface area contributed by atoms with Gasteiger partial charge in [0.1, 0.15) is 0 Å². The average molecular weight is 305 g/mol. The highest BCUT2D eigenvalue weighted by Gasteiger charge is 2.32. The highest BCUT2D eigenvalue weighted by Crippen LogP contribution is 2.34.